The van der Waals surface area contributed by atoms with E-state index in [0.29, 0.717) is 24.2 Å². The summed E-state index contributed by atoms with van der Waals surface area (Å²) in [5, 5.41) is 2.91. The fourth-order valence-corrected chi connectivity index (χ4v) is 3.88. The van der Waals surface area contributed by atoms with Crippen molar-refractivity contribution in [2.24, 2.45) is 0 Å². The average Bonchev–Trinajstić information content (AvgIpc) is 3.19. The topological polar surface area (TPSA) is 81.2 Å². The van der Waals surface area contributed by atoms with E-state index in [1.54, 1.807) is 12.3 Å². The molecule has 2 aromatic heterocycles. The van der Waals surface area contributed by atoms with E-state index in [4.69, 9.17) is 4.74 Å². The van der Waals surface area contributed by atoms with E-state index < -0.39 is 11.4 Å². The molecule has 0 fully saturated rings. The van der Waals surface area contributed by atoms with Crippen molar-refractivity contribution < 1.29 is 14.3 Å². The molecule has 2 aliphatic rings. The zero-order valence-corrected chi connectivity index (χ0v) is 15.4. The molecule has 27 heavy (non-hydrogen) atoms. The number of methoxy groups -OCH3 is 1. The smallest absolute Gasteiger partial charge is 0.339 e. The van der Waals surface area contributed by atoms with Gasteiger partial charge < -0.3 is 10.1 Å². The summed E-state index contributed by atoms with van der Waals surface area (Å²) in [6.45, 7) is 2.13. The van der Waals surface area contributed by atoms with Gasteiger partial charge in [0, 0.05) is 30.1 Å². The Hall–Kier alpha value is -3.02. The van der Waals surface area contributed by atoms with Crippen LogP contribution in [0.15, 0.2) is 30.6 Å². The lowest BCUT2D eigenvalue weighted by Gasteiger charge is -2.20. The summed E-state index contributed by atoms with van der Waals surface area (Å²) in [5.74, 6) is 0.137. The minimum Gasteiger partial charge on any atom is -0.465 e. The Morgan fingerprint density at radius 3 is 2.93 bits per heavy atom. The monoisotopic (exact) mass is 363 g/mol. The van der Waals surface area contributed by atoms with Crippen molar-refractivity contribution in [3.05, 3.63) is 58.6 Å². The highest BCUT2D eigenvalue weighted by molar-refractivity contribution is 6.06. The van der Waals surface area contributed by atoms with E-state index in [-0.39, 0.29) is 5.91 Å². The van der Waals surface area contributed by atoms with Gasteiger partial charge in [0.25, 0.3) is 0 Å². The van der Waals surface area contributed by atoms with Crippen molar-refractivity contribution in [1.29, 1.82) is 0 Å². The second kappa shape index (κ2) is 6.61. The Kier molecular flexibility index (Phi) is 4.26. The van der Waals surface area contributed by atoms with Crippen LogP contribution in [0.4, 0.5) is 5.82 Å². The number of fused-ring (bicyclic) bond motifs is 3. The van der Waals surface area contributed by atoms with E-state index in [1.165, 1.54) is 13.3 Å². The lowest BCUT2D eigenvalue weighted by Crippen LogP contribution is -2.35. The van der Waals surface area contributed by atoms with E-state index in [9.17, 15) is 9.59 Å². The third kappa shape index (κ3) is 2.81. The van der Waals surface area contributed by atoms with E-state index in [0.717, 1.165) is 35.2 Å². The van der Waals surface area contributed by atoms with Crippen LogP contribution in [0.5, 0.6) is 0 Å². The van der Waals surface area contributed by atoms with Crippen LogP contribution >= 0.6 is 0 Å². The molecule has 2 aromatic rings. The first-order chi connectivity index (χ1) is 13.1. The number of carbonyl (C=O) groups is 2. The minimum absolute atomic E-state index is 0.0581. The number of hydrogen-bond acceptors (Lipinski definition) is 5. The van der Waals surface area contributed by atoms with Gasteiger partial charge in [-0.15, -0.1) is 0 Å². The minimum atomic E-state index is -0.707. The van der Waals surface area contributed by atoms with Gasteiger partial charge in [-0.1, -0.05) is 25.5 Å². The number of carbonyl (C=O) groups excluding carboxylic acids is 2. The highest BCUT2D eigenvalue weighted by atomic mass is 16.5. The molecular formula is C21H21N3O3. The number of rotatable bonds is 4. The molecule has 0 aromatic carbocycles. The number of allylic oxidation sites excluding steroid dienone is 1. The zero-order valence-electron chi connectivity index (χ0n) is 15.4. The van der Waals surface area contributed by atoms with Gasteiger partial charge in [-0.05, 0) is 36.1 Å². The molecule has 0 bridgehead atoms. The summed E-state index contributed by atoms with van der Waals surface area (Å²) in [5.41, 5.74) is 3.34. The van der Waals surface area contributed by atoms with Gasteiger partial charge in [-0.25, -0.2) is 9.78 Å². The van der Waals surface area contributed by atoms with Gasteiger partial charge in [0.2, 0.25) is 5.91 Å². The largest absolute Gasteiger partial charge is 0.465 e. The van der Waals surface area contributed by atoms with Gasteiger partial charge in [0.15, 0.2) is 0 Å². The molecule has 6 heteroatoms. The predicted octanol–water partition coefficient (Wildman–Crippen LogP) is 3.07. The highest BCUT2D eigenvalue weighted by Crippen LogP contribution is 2.46. The number of hydrogen-bond donors (Lipinski definition) is 1. The van der Waals surface area contributed by atoms with Crippen LogP contribution in [0.3, 0.4) is 0 Å². The summed E-state index contributed by atoms with van der Waals surface area (Å²) in [6.07, 6.45) is 10.6. The fraction of sp³-hybridized carbons (Fsp3) is 0.333. The molecule has 1 aliphatic carbocycles. The second-order valence-corrected chi connectivity index (χ2v) is 7.07. The van der Waals surface area contributed by atoms with Crippen LogP contribution < -0.4 is 5.32 Å². The first-order valence-electron chi connectivity index (χ1n) is 9.12. The number of pyridine rings is 2. The highest BCUT2D eigenvalue weighted by Gasteiger charge is 2.51. The normalized spacial score (nSPS) is 20.0. The van der Waals surface area contributed by atoms with Crippen LogP contribution in [0.2, 0.25) is 0 Å². The molecule has 0 saturated carbocycles. The number of nitrogens with zero attached hydrogens (tertiary/aromatic N) is 2. The Morgan fingerprint density at radius 1 is 1.30 bits per heavy atom. The molecule has 1 amide bonds. The maximum atomic E-state index is 12.9. The van der Waals surface area contributed by atoms with Gasteiger partial charge in [0.05, 0.1) is 18.1 Å². The van der Waals surface area contributed by atoms with Crippen LogP contribution in [0.1, 0.15) is 52.5 Å². The van der Waals surface area contributed by atoms with Crippen molar-refractivity contribution in [3.8, 4) is 0 Å². The summed E-state index contributed by atoms with van der Waals surface area (Å²) in [4.78, 5) is 33.6. The third-order valence-electron chi connectivity index (χ3n) is 5.30. The van der Waals surface area contributed by atoms with Gasteiger partial charge in [0.1, 0.15) is 5.82 Å². The molecule has 4 rings (SSSR count). The van der Waals surface area contributed by atoms with Crippen LogP contribution in [0, 0.1) is 0 Å². The fourth-order valence-electron chi connectivity index (χ4n) is 3.88. The van der Waals surface area contributed by atoms with Crippen molar-refractivity contribution >= 4 is 23.8 Å². The van der Waals surface area contributed by atoms with E-state index in [2.05, 4.69) is 28.3 Å². The number of ether oxygens (including phenoxy) is 1. The molecule has 6 nitrogen and oxygen atoms in total. The molecule has 138 valence electrons. The van der Waals surface area contributed by atoms with Crippen molar-refractivity contribution in [1.82, 2.24) is 9.97 Å². The molecule has 1 aliphatic heterocycles. The molecule has 0 unspecified atom stereocenters. The molecule has 3 heterocycles. The Bertz CT molecular complexity index is 967. The summed E-state index contributed by atoms with van der Waals surface area (Å²) < 4.78 is 4.78. The Labute approximate surface area is 157 Å². The van der Waals surface area contributed by atoms with Crippen molar-refractivity contribution in [2.75, 3.05) is 12.4 Å². The quantitative estimate of drug-likeness (QED) is 0.845. The SMILES string of the molecule is CCC/C=C/c1cnc2c(c1)[C@@]1(Cc3cc(C(=O)OC)cnc3C1)C(=O)N2. The van der Waals surface area contributed by atoms with Gasteiger partial charge in [-0.2, -0.15) is 0 Å². The van der Waals surface area contributed by atoms with Gasteiger partial charge in [-0.3, -0.25) is 9.78 Å². The Morgan fingerprint density at radius 2 is 2.15 bits per heavy atom. The standard InChI is InChI=1S/C21H21N3O3/c1-3-4-5-6-13-7-16-18(23-11-13)24-20(26)21(16)9-14-8-15(19(25)27-2)12-22-17(14)10-21/h5-8,11-12H,3-4,9-10H2,1-2H3,(H,23,24,26)/b6-5+/t21-/m0/s1. The van der Waals surface area contributed by atoms with Crippen molar-refractivity contribution in [2.45, 2.75) is 38.0 Å². The van der Waals surface area contributed by atoms with Crippen LogP contribution in [-0.4, -0.2) is 29.0 Å². The number of aromatic nitrogens is 2. The molecule has 0 radical (unpaired) electrons. The number of esters is 1. The number of nitrogens with one attached hydrogen (secondary N) is 1. The maximum absolute atomic E-state index is 12.9. The van der Waals surface area contributed by atoms with E-state index in [1.807, 2.05) is 12.1 Å². The Balaban J connectivity index is 1.71. The summed E-state index contributed by atoms with van der Waals surface area (Å²) in [6, 6.07) is 3.83. The second-order valence-electron chi connectivity index (χ2n) is 7.07. The molecular weight excluding hydrogens is 342 g/mol. The average molecular weight is 363 g/mol. The lowest BCUT2D eigenvalue weighted by atomic mass is 9.79. The number of amides is 1. The summed E-state index contributed by atoms with van der Waals surface area (Å²) >= 11 is 0. The zero-order chi connectivity index (χ0) is 19.0. The molecule has 1 atom stereocenters. The summed E-state index contributed by atoms with van der Waals surface area (Å²) in [7, 11) is 1.34. The maximum Gasteiger partial charge on any atom is 0.339 e. The number of anilines is 1. The first-order valence-corrected chi connectivity index (χ1v) is 9.12. The van der Waals surface area contributed by atoms with Crippen LogP contribution in [-0.2, 0) is 27.8 Å². The molecule has 1 N–H and O–H groups in total. The number of unbranched alkanes of at least 4 members (excludes halogenated alkanes) is 1. The third-order valence-corrected chi connectivity index (χ3v) is 5.30. The van der Waals surface area contributed by atoms with Crippen molar-refractivity contribution in [3.63, 3.8) is 0 Å². The first kappa shape index (κ1) is 17.4. The van der Waals surface area contributed by atoms with Gasteiger partial charge >= 0.3 is 5.97 Å². The lowest BCUT2D eigenvalue weighted by molar-refractivity contribution is -0.120. The molecule has 1 spiro atoms. The molecule has 0 saturated heterocycles. The van der Waals surface area contributed by atoms with E-state index >= 15 is 0 Å². The predicted molar refractivity (Wildman–Crippen MR) is 101 cm³/mol. The van der Waals surface area contributed by atoms with Crippen LogP contribution in [0.25, 0.3) is 6.08 Å².